The van der Waals surface area contributed by atoms with E-state index < -0.39 is 17.8 Å². The SMILES string of the molecule is Cn1c(SCCCN2CC[C@@]3(C[C@H]3c3ccc(C(F)(F)F)cc3)C2)nnc1C1CCN(C(=O)O)C(C(C)(C)C)C1. The van der Waals surface area contributed by atoms with Crippen molar-refractivity contribution < 1.29 is 23.1 Å². The van der Waals surface area contributed by atoms with Crippen LogP contribution >= 0.6 is 11.8 Å². The van der Waals surface area contributed by atoms with Gasteiger partial charge in [0.05, 0.1) is 5.56 Å². The summed E-state index contributed by atoms with van der Waals surface area (Å²) in [7, 11) is 2.01. The van der Waals surface area contributed by atoms with Crippen molar-refractivity contribution in [2.24, 2.45) is 17.9 Å². The number of benzene rings is 1. The van der Waals surface area contributed by atoms with Gasteiger partial charge in [-0.05, 0) is 79.6 Å². The first-order valence-electron chi connectivity index (χ1n) is 14.2. The quantitative estimate of drug-likeness (QED) is 0.300. The molecule has 40 heavy (non-hydrogen) atoms. The molecule has 1 saturated carbocycles. The van der Waals surface area contributed by atoms with Gasteiger partial charge in [0.25, 0.3) is 0 Å². The second kappa shape index (κ2) is 10.9. The van der Waals surface area contributed by atoms with Crippen molar-refractivity contribution in [3.05, 3.63) is 41.2 Å². The number of thioether (sulfide) groups is 1. The minimum Gasteiger partial charge on any atom is -0.465 e. The monoisotopic (exact) mass is 579 g/mol. The Hall–Kier alpha value is -2.27. The molecule has 1 spiro atoms. The van der Waals surface area contributed by atoms with Gasteiger partial charge in [-0.2, -0.15) is 13.2 Å². The van der Waals surface area contributed by atoms with Crippen LogP contribution in [0.15, 0.2) is 29.4 Å². The maximum absolute atomic E-state index is 12.9. The molecule has 2 aromatic rings. The number of hydrogen-bond donors (Lipinski definition) is 1. The van der Waals surface area contributed by atoms with Crippen molar-refractivity contribution in [1.29, 1.82) is 0 Å². The van der Waals surface area contributed by atoms with Crippen LogP contribution in [0.2, 0.25) is 0 Å². The summed E-state index contributed by atoms with van der Waals surface area (Å²) in [6.45, 7) is 9.84. The summed E-state index contributed by atoms with van der Waals surface area (Å²) in [5, 5.41) is 19.5. The van der Waals surface area contributed by atoms with E-state index in [0.717, 1.165) is 74.0 Å². The first-order valence-corrected chi connectivity index (χ1v) is 15.2. The summed E-state index contributed by atoms with van der Waals surface area (Å²) in [5.41, 5.74) is 0.529. The second-order valence-electron chi connectivity index (χ2n) is 12.9. The van der Waals surface area contributed by atoms with E-state index in [1.807, 2.05) is 7.05 Å². The molecule has 5 rings (SSSR count). The van der Waals surface area contributed by atoms with E-state index in [1.165, 1.54) is 12.1 Å². The van der Waals surface area contributed by atoms with Crippen molar-refractivity contribution in [3.8, 4) is 0 Å². The van der Waals surface area contributed by atoms with E-state index in [1.54, 1.807) is 28.8 Å². The highest BCUT2D eigenvalue weighted by molar-refractivity contribution is 7.99. The third-order valence-corrected chi connectivity index (χ3v) is 10.3. The van der Waals surface area contributed by atoms with E-state index in [-0.39, 0.29) is 22.8 Å². The summed E-state index contributed by atoms with van der Waals surface area (Å²) in [4.78, 5) is 15.9. The summed E-state index contributed by atoms with van der Waals surface area (Å²) >= 11 is 1.71. The Kier molecular flexibility index (Phi) is 7.93. The molecule has 2 aliphatic heterocycles. The summed E-state index contributed by atoms with van der Waals surface area (Å²) in [5.74, 6) is 2.42. The maximum Gasteiger partial charge on any atom is 0.416 e. The first-order chi connectivity index (χ1) is 18.8. The van der Waals surface area contributed by atoms with E-state index in [2.05, 4.69) is 40.4 Å². The predicted octanol–water partition coefficient (Wildman–Crippen LogP) is 6.47. The van der Waals surface area contributed by atoms with Crippen LogP contribution in [-0.4, -0.2) is 73.7 Å². The molecule has 0 bridgehead atoms. The van der Waals surface area contributed by atoms with Gasteiger partial charge in [0.2, 0.25) is 0 Å². The molecule has 2 saturated heterocycles. The molecule has 11 heteroatoms. The van der Waals surface area contributed by atoms with Gasteiger partial charge in [-0.15, -0.1) is 10.2 Å². The lowest BCUT2D eigenvalue weighted by atomic mass is 9.77. The molecule has 1 N–H and O–H groups in total. The molecule has 4 atom stereocenters. The van der Waals surface area contributed by atoms with Crippen molar-refractivity contribution in [3.63, 3.8) is 0 Å². The zero-order chi connectivity index (χ0) is 28.9. The fourth-order valence-corrected chi connectivity index (χ4v) is 7.70. The fourth-order valence-electron chi connectivity index (χ4n) is 6.86. The Bertz CT molecular complexity index is 1210. The lowest BCUT2D eigenvalue weighted by Gasteiger charge is -2.44. The van der Waals surface area contributed by atoms with Crippen LogP contribution in [0.4, 0.5) is 18.0 Å². The molecule has 3 heterocycles. The van der Waals surface area contributed by atoms with Crippen LogP contribution in [0.3, 0.4) is 0 Å². The number of likely N-dealkylation sites (tertiary alicyclic amines) is 2. The molecule has 7 nitrogen and oxygen atoms in total. The standard InChI is InChI=1S/C29H40F3N5O2S/c1-27(2,3)23-16-20(10-13-37(23)26(38)39)24-33-34-25(35(24)4)40-15-5-12-36-14-11-28(18-36)17-22(28)19-6-8-21(9-7-19)29(30,31)32/h6-9,20,22-23H,5,10-18H2,1-4H3,(H,38,39)/t20?,22-,23?,28+/m0/s1. The molecule has 1 amide bonds. The third-order valence-electron chi connectivity index (χ3n) is 9.23. The molecule has 3 fully saturated rings. The zero-order valence-corrected chi connectivity index (χ0v) is 24.6. The Morgan fingerprint density at radius 3 is 2.52 bits per heavy atom. The van der Waals surface area contributed by atoms with Crippen molar-refractivity contribution in [2.45, 2.75) is 82.1 Å². The normalized spacial score (nSPS) is 27.5. The van der Waals surface area contributed by atoms with Crippen LogP contribution in [0.5, 0.6) is 0 Å². The molecular formula is C29H40F3N5O2S. The number of carbonyl (C=O) groups is 1. The minimum absolute atomic E-state index is 0.0642. The van der Waals surface area contributed by atoms with Crippen LogP contribution in [-0.2, 0) is 13.2 Å². The molecule has 1 aliphatic carbocycles. The molecule has 220 valence electrons. The van der Waals surface area contributed by atoms with Crippen LogP contribution in [0, 0.1) is 10.8 Å². The summed E-state index contributed by atoms with van der Waals surface area (Å²) in [6.07, 6.45) is -0.452. The smallest absolute Gasteiger partial charge is 0.416 e. The van der Waals surface area contributed by atoms with Gasteiger partial charge in [-0.25, -0.2) is 4.79 Å². The first kappa shape index (κ1) is 29.2. The largest absolute Gasteiger partial charge is 0.465 e. The summed E-state index contributed by atoms with van der Waals surface area (Å²) < 4.78 is 40.8. The van der Waals surface area contributed by atoms with Gasteiger partial charge in [0.15, 0.2) is 5.16 Å². The van der Waals surface area contributed by atoms with Crippen molar-refractivity contribution in [2.75, 3.05) is 31.9 Å². The van der Waals surface area contributed by atoms with Crippen LogP contribution < -0.4 is 0 Å². The van der Waals surface area contributed by atoms with Gasteiger partial charge in [-0.1, -0.05) is 44.7 Å². The third kappa shape index (κ3) is 6.00. The molecule has 1 aromatic carbocycles. The maximum atomic E-state index is 12.9. The highest BCUT2D eigenvalue weighted by atomic mass is 32.2. The second-order valence-corrected chi connectivity index (χ2v) is 14.0. The number of aromatic nitrogens is 3. The van der Waals surface area contributed by atoms with Gasteiger partial charge < -0.3 is 19.5 Å². The average Bonchev–Trinajstić information content (AvgIpc) is 3.23. The molecule has 1 aromatic heterocycles. The lowest BCUT2D eigenvalue weighted by molar-refractivity contribution is -0.137. The van der Waals surface area contributed by atoms with Crippen molar-refractivity contribution >= 4 is 17.9 Å². The van der Waals surface area contributed by atoms with E-state index in [0.29, 0.717) is 12.5 Å². The number of nitrogens with zero attached hydrogens (tertiary/aromatic N) is 5. The van der Waals surface area contributed by atoms with E-state index in [4.69, 9.17) is 0 Å². The van der Waals surface area contributed by atoms with Gasteiger partial charge in [-0.3, -0.25) is 0 Å². The van der Waals surface area contributed by atoms with Gasteiger partial charge in [0.1, 0.15) is 5.82 Å². The number of carboxylic acid groups (broad SMARTS) is 1. The molecule has 3 aliphatic rings. The topological polar surface area (TPSA) is 74.5 Å². The van der Waals surface area contributed by atoms with Crippen LogP contribution in [0.25, 0.3) is 0 Å². The average molecular weight is 580 g/mol. The molecule has 0 radical (unpaired) electrons. The van der Waals surface area contributed by atoms with Gasteiger partial charge >= 0.3 is 12.3 Å². The van der Waals surface area contributed by atoms with Crippen LogP contribution in [0.1, 0.15) is 81.7 Å². The van der Waals surface area contributed by atoms with Crippen molar-refractivity contribution in [1.82, 2.24) is 24.6 Å². The number of halogens is 3. The number of alkyl halides is 3. The molecular weight excluding hydrogens is 539 g/mol. The highest BCUT2D eigenvalue weighted by Gasteiger charge is 2.57. The molecule has 2 unspecified atom stereocenters. The summed E-state index contributed by atoms with van der Waals surface area (Å²) in [6, 6.07) is 5.69. The lowest BCUT2D eigenvalue weighted by Crippen LogP contribution is -2.51. The zero-order valence-electron chi connectivity index (χ0n) is 23.7. The number of amides is 1. The number of rotatable bonds is 7. The van der Waals surface area contributed by atoms with E-state index >= 15 is 0 Å². The minimum atomic E-state index is -4.29. The Morgan fingerprint density at radius 2 is 1.88 bits per heavy atom. The fraction of sp³-hybridized carbons (Fsp3) is 0.690. The van der Waals surface area contributed by atoms with E-state index in [9.17, 15) is 23.1 Å². The number of piperidine rings is 1. The Morgan fingerprint density at radius 1 is 1.15 bits per heavy atom. The Labute approximate surface area is 238 Å². The number of hydrogen-bond acceptors (Lipinski definition) is 5. The predicted molar refractivity (Wildman–Crippen MR) is 149 cm³/mol. The Balaban J connectivity index is 1.08. The highest BCUT2D eigenvalue weighted by Crippen LogP contribution is 2.64. The van der Waals surface area contributed by atoms with Gasteiger partial charge in [0, 0.05) is 37.8 Å².